The Morgan fingerprint density at radius 1 is 1.03 bits per heavy atom. The van der Waals surface area contributed by atoms with Crippen LogP contribution in [0.5, 0.6) is 5.75 Å². The molecule has 202 valence electrons. The molecule has 0 spiro atoms. The molecule has 7 nitrogen and oxygen atoms in total. The van der Waals surface area contributed by atoms with Gasteiger partial charge in [-0.15, -0.1) is 0 Å². The highest BCUT2D eigenvalue weighted by atomic mass is 19.4. The van der Waals surface area contributed by atoms with Gasteiger partial charge in [-0.1, -0.05) is 6.07 Å². The minimum Gasteiger partial charge on any atom is -0.493 e. The molecule has 3 heterocycles. The van der Waals surface area contributed by atoms with Crippen molar-refractivity contribution in [3.63, 3.8) is 0 Å². The number of carbonyl (C=O) groups excluding carboxylic acids is 1. The first-order valence-electron chi connectivity index (χ1n) is 12.9. The molecule has 38 heavy (non-hydrogen) atoms. The maximum atomic E-state index is 13.1. The third-order valence-corrected chi connectivity index (χ3v) is 7.96. The number of nitrogens with zero attached hydrogens (tertiary/aromatic N) is 5. The standard InChI is InChI=1S/C28H32F3N5O2/c1-18-19(2)26(38-14-4-13-36-32-11-12-33-36)10-9-25(18)20(3)34-16-24-15-23(34)17-35(24)27(37)21-5-7-22(8-6-21)28(29,30)31/h5-12,20,23-24H,4,13-17H2,1-3H3/t20-,23+,24+/m0/s1. The van der Waals surface area contributed by atoms with Crippen LogP contribution in [0.4, 0.5) is 13.2 Å². The van der Waals surface area contributed by atoms with Crippen molar-refractivity contribution in [3.05, 3.63) is 76.6 Å². The molecule has 0 aliphatic carbocycles. The summed E-state index contributed by atoms with van der Waals surface area (Å²) in [7, 11) is 0. The topological polar surface area (TPSA) is 63.5 Å². The minimum absolute atomic E-state index is 0.0607. The Morgan fingerprint density at radius 2 is 1.74 bits per heavy atom. The van der Waals surface area contributed by atoms with Gasteiger partial charge < -0.3 is 9.64 Å². The van der Waals surface area contributed by atoms with Crippen LogP contribution in [0.1, 0.15) is 58.4 Å². The molecule has 10 heteroatoms. The van der Waals surface area contributed by atoms with Crippen molar-refractivity contribution in [2.75, 3.05) is 19.7 Å². The summed E-state index contributed by atoms with van der Waals surface area (Å²) in [6.07, 6.45) is 0.597. The predicted octanol–water partition coefficient (Wildman–Crippen LogP) is 5.04. The van der Waals surface area contributed by atoms with Crippen molar-refractivity contribution in [3.8, 4) is 5.75 Å². The number of hydrogen-bond donors (Lipinski definition) is 0. The first-order valence-corrected chi connectivity index (χ1v) is 12.9. The number of carbonyl (C=O) groups is 1. The van der Waals surface area contributed by atoms with Crippen molar-refractivity contribution in [1.82, 2.24) is 24.8 Å². The van der Waals surface area contributed by atoms with E-state index < -0.39 is 11.7 Å². The van der Waals surface area contributed by atoms with Gasteiger partial charge in [0, 0.05) is 43.2 Å². The largest absolute Gasteiger partial charge is 0.493 e. The van der Waals surface area contributed by atoms with E-state index >= 15 is 0 Å². The van der Waals surface area contributed by atoms with Crippen molar-refractivity contribution in [2.24, 2.45) is 0 Å². The van der Waals surface area contributed by atoms with Crippen LogP contribution in [0.15, 0.2) is 48.8 Å². The number of halogens is 3. The average molecular weight is 528 g/mol. The number of aromatic nitrogens is 3. The Bertz CT molecular complexity index is 1280. The fraction of sp³-hybridized carbons (Fsp3) is 0.464. The fourth-order valence-corrected chi connectivity index (χ4v) is 5.74. The number of piperazine rings is 1. The second-order valence-corrected chi connectivity index (χ2v) is 10.2. The average Bonchev–Trinajstić information content (AvgIpc) is 3.66. The van der Waals surface area contributed by atoms with Gasteiger partial charge in [0.1, 0.15) is 5.75 Å². The van der Waals surface area contributed by atoms with E-state index in [1.807, 2.05) is 11.0 Å². The van der Waals surface area contributed by atoms with Crippen LogP contribution in [0.3, 0.4) is 0 Å². The maximum Gasteiger partial charge on any atom is 0.416 e. The number of ether oxygens (including phenoxy) is 1. The van der Waals surface area contributed by atoms with Crippen molar-refractivity contribution >= 4 is 5.91 Å². The molecule has 2 fully saturated rings. The molecular weight excluding hydrogens is 495 g/mol. The first kappa shape index (κ1) is 26.2. The smallest absolute Gasteiger partial charge is 0.416 e. The predicted molar refractivity (Wildman–Crippen MR) is 136 cm³/mol. The van der Waals surface area contributed by atoms with Gasteiger partial charge in [-0.25, -0.2) is 0 Å². The summed E-state index contributed by atoms with van der Waals surface area (Å²) in [6.45, 7) is 9.01. The lowest BCUT2D eigenvalue weighted by Crippen LogP contribution is -2.49. The molecule has 2 aromatic carbocycles. The Balaban J connectivity index is 1.19. The Kier molecular flexibility index (Phi) is 7.17. The number of amides is 1. The third kappa shape index (κ3) is 5.14. The van der Waals surface area contributed by atoms with Crippen molar-refractivity contribution < 1.29 is 22.7 Å². The van der Waals surface area contributed by atoms with Gasteiger partial charge in [0.05, 0.1) is 31.1 Å². The van der Waals surface area contributed by atoms with Crippen LogP contribution in [0, 0.1) is 13.8 Å². The van der Waals surface area contributed by atoms with Crippen LogP contribution >= 0.6 is 0 Å². The highest BCUT2D eigenvalue weighted by Crippen LogP contribution is 2.40. The number of aryl methyl sites for hydroxylation is 1. The van der Waals surface area contributed by atoms with E-state index in [2.05, 4.69) is 41.9 Å². The van der Waals surface area contributed by atoms with Crippen LogP contribution in [-0.2, 0) is 12.7 Å². The SMILES string of the molecule is Cc1c(OCCCn2nccn2)ccc([C@H](C)N2C[C@H]3C[C@@H]2CN3C(=O)c2ccc(C(F)(F)F)cc2)c1C. The quantitative estimate of drug-likeness (QED) is 0.384. The lowest BCUT2D eigenvalue weighted by molar-refractivity contribution is -0.137. The van der Waals surface area contributed by atoms with Crippen LogP contribution in [0.2, 0.25) is 0 Å². The zero-order valence-corrected chi connectivity index (χ0v) is 21.8. The summed E-state index contributed by atoms with van der Waals surface area (Å²) in [5.41, 5.74) is 3.11. The molecular formula is C28H32F3N5O2. The molecule has 0 unspecified atom stereocenters. The summed E-state index contributed by atoms with van der Waals surface area (Å²) in [5.74, 6) is 0.679. The molecule has 0 radical (unpaired) electrons. The molecule has 2 saturated heterocycles. The second kappa shape index (κ2) is 10.4. The second-order valence-electron chi connectivity index (χ2n) is 10.2. The van der Waals surface area contributed by atoms with Crippen molar-refractivity contribution in [1.29, 1.82) is 0 Å². The fourth-order valence-electron chi connectivity index (χ4n) is 5.74. The Morgan fingerprint density at radius 3 is 2.37 bits per heavy atom. The van der Waals surface area contributed by atoms with Gasteiger partial charge in [0.15, 0.2) is 0 Å². The Labute approximate surface area is 220 Å². The molecule has 2 aliphatic heterocycles. The summed E-state index contributed by atoms with van der Waals surface area (Å²) in [6, 6.07) is 9.14. The van der Waals surface area contributed by atoms with E-state index in [1.54, 1.807) is 17.2 Å². The summed E-state index contributed by atoms with van der Waals surface area (Å²) in [4.78, 5) is 19.0. The van der Waals surface area contributed by atoms with Gasteiger partial charge in [0.25, 0.3) is 5.91 Å². The van der Waals surface area contributed by atoms with E-state index in [4.69, 9.17) is 4.74 Å². The molecule has 3 atom stereocenters. The number of fused-ring (bicyclic) bond motifs is 2. The van der Waals surface area contributed by atoms with Gasteiger partial charge in [-0.2, -0.15) is 28.2 Å². The number of alkyl halides is 3. The summed E-state index contributed by atoms with van der Waals surface area (Å²) < 4.78 is 44.7. The highest BCUT2D eigenvalue weighted by Gasteiger charge is 2.47. The zero-order valence-electron chi connectivity index (χ0n) is 21.8. The van der Waals surface area contributed by atoms with Gasteiger partial charge in [0.2, 0.25) is 0 Å². The summed E-state index contributed by atoms with van der Waals surface area (Å²) in [5, 5.41) is 8.21. The monoisotopic (exact) mass is 527 g/mol. The molecule has 2 bridgehead atoms. The normalized spacial score (nSPS) is 20.2. The third-order valence-electron chi connectivity index (χ3n) is 7.96. The molecule has 0 N–H and O–H groups in total. The number of rotatable bonds is 8. The van der Waals surface area contributed by atoms with Crippen molar-refractivity contribution in [2.45, 2.75) is 64.5 Å². The van der Waals surface area contributed by atoms with E-state index in [1.165, 1.54) is 23.3 Å². The molecule has 2 aliphatic rings. The maximum absolute atomic E-state index is 13.1. The van der Waals surface area contributed by atoms with E-state index in [-0.39, 0.29) is 24.0 Å². The van der Waals surface area contributed by atoms with E-state index in [9.17, 15) is 18.0 Å². The van der Waals surface area contributed by atoms with Crippen LogP contribution in [0.25, 0.3) is 0 Å². The highest BCUT2D eigenvalue weighted by molar-refractivity contribution is 5.94. The van der Waals surface area contributed by atoms with E-state index in [0.717, 1.165) is 42.8 Å². The van der Waals surface area contributed by atoms with Crippen LogP contribution < -0.4 is 4.74 Å². The molecule has 3 aromatic rings. The molecule has 1 amide bonds. The molecule has 0 saturated carbocycles. The van der Waals surface area contributed by atoms with Gasteiger partial charge in [-0.05, 0) is 74.2 Å². The zero-order chi connectivity index (χ0) is 27.0. The number of likely N-dealkylation sites (tertiary alicyclic amines) is 2. The lowest BCUT2D eigenvalue weighted by atomic mass is 9.96. The molecule has 5 rings (SSSR count). The number of benzene rings is 2. The van der Waals surface area contributed by atoms with Gasteiger partial charge in [-0.3, -0.25) is 9.69 Å². The van der Waals surface area contributed by atoms with E-state index in [0.29, 0.717) is 25.3 Å². The van der Waals surface area contributed by atoms with Gasteiger partial charge >= 0.3 is 6.18 Å². The lowest BCUT2D eigenvalue weighted by Gasteiger charge is -2.38. The van der Waals surface area contributed by atoms with Crippen LogP contribution in [-0.4, -0.2) is 62.5 Å². The first-order chi connectivity index (χ1) is 18.1. The minimum atomic E-state index is -4.41. The summed E-state index contributed by atoms with van der Waals surface area (Å²) >= 11 is 0. The molecule has 1 aromatic heterocycles. The number of hydrogen-bond acceptors (Lipinski definition) is 5. The Hall–Kier alpha value is -3.40.